The number of rotatable bonds is 4. The van der Waals surface area contributed by atoms with Crippen LogP contribution in [0.2, 0.25) is 0 Å². The number of carbonyl (C=O) groups is 1. The second-order valence-corrected chi connectivity index (χ2v) is 9.86. The molecule has 2 aliphatic rings. The molecule has 2 fully saturated rings. The molecule has 4 rings (SSSR count). The fraction of sp³-hybridized carbons (Fsp3) is 0.600. The minimum Gasteiger partial charge on any atom is -0.454 e. The van der Waals surface area contributed by atoms with Crippen LogP contribution in [0.15, 0.2) is 30.5 Å². The van der Waals surface area contributed by atoms with Gasteiger partial charge in [0.1, 0.15) is 23.3 Å². The quantitative estimate of drug-likeness (QED) is 0.600. The van der Waals surface area contributed by atoms with Crippen LogP contribution in [-0.2, 0) is 9.47 Å². The van der Waals surface area contributed by atoms with Crippen molar-refractivity contribution in [2.45, 2.75) is 77.5 Å². The normalized spacial score (nSPS) is 21.9. The molecule has 2 atom stereocenters. The number of likely N-dealkylation sites (tertiary alicyclic amines) is 1. The summed E-state index contributed by atoms with van der Waals surface area (Å²) in [7, 11) is 0. The van der Waals surface area contributed by atoms with E-state index in [9.17, 15) is 4.79 Å². The third kappa shape index (κ3) is 5.63. The first-order chi connectivity index (χ1) is 15.3. The van der Waals surface area contributed by atoms with Crippen molar-refractivity contribution >= 4 is 6.09 Å². The highest BCUT2D eigenvalue weighted by Gasteiger charge is 2.32. The molecule has 0 bridgehead atoms. The SMILES string of the molecule is Cc1ccc(Oc2cn(C3CCCCO3)nc2C2CCCN(C(=O)OC(C)(C)C)C2)cc1. The van der Waals surface area contributed by atoms with E-state index in [0.717, 1.165) is 55.9 Å². The number of nitrogens with zero attached hydrogens (tertiary/aromatic N) is 3. The van der Waals surface area contributed by atoms with Crippen molar-refractivity contribution in [1.82, 2.24) is 14.7 Å². The fourth-order valence-corrected chi connectivity index (χ4v) is 4.26. The Balaban J connectivity index is 1.58. The zero-order valence-corrected chi connectivity index (χ0v) is 19.7. The lowest BCUT2D eigenvalue weighted by Crippen LogP contribution is -2.42. The summed E-state index contributed by atoms with van der Waals surface area (Å²) in [5, 5.41) is 4.93. The summed E-state index contributed by atoms with van der Waals surface area (Å²) in [6.45, 7) is 9.77. The van der Waals surface area contributed by atoms with Crippen molar-refractivity contribution < 1.29 is 19.0 Å². The van der Waals surface area contributed by atoms with Crippen LogP contribution in [0.25, 0.3) is 0 Å². The number of benzene rings is 1. The van der Waals surface area contributed by atoms with Crippen molar-refractivity contribution in [3.63, 3.8) is 0 Å². The summed E-state index contributed by atoms with van der Waals surface area (Å²) in [5.74, 6) is 1.60. The lowest BCUT2D eigenvalue weighted by atomic mass is 9.94. The molecule has 1 aromatic heterocycles. The molecule has 2 unspecified atom stereocenters. The number of hydrogen-bond acceptors (Lipinski definition) is 5. The van der Waals surface area contributed by atoms with E-state index in [2.05, 4.69) is 6.92 Å². The average molecular weight is 442 g/mol. The number of aryl methyl sites for hydroxylation is 1. The lowest BCUT2D eigenvalue weighted by Gasteiger charge is -2.33. The molecule has 2 aromatic rings. The first-order valence-electron chi connectivity index (χ1n) is 11.7. The standard InChI is InChI=1S/C25H35N3O4/c1-18-10-12-20(13-11-18)31-21-17-28(22-9-5-6-15-30-22)26-23(21)19-8-7-14-27(16-19)24(29)32-25(2,3)4/h10-13,17,19,22H,5-9,14-16H2,1-4H3. The molecule has 1 amide bonds. The maximum absolute atomic E-state index is 12.7. The van der Waals surface area contributed by atoms with Crippen LogP contribution in [0.1, 0.15) is 76.3 Å². The molecule has 0 spiro atoms. The Morgan fingerprint density at radius 2 is 1.91 bits per heavy atom. The van der Waals surface area contributed by atoms with E-state index < -0.39 is 5.60 Å². The van der Waals surface area contributed by atoms with Crippen LogP contribution in [0.5, 0.6) is 11.5 Å². The summed E-state index contributed by atoms with van der Waals surface area (Å²) in [5.41, 5.74) is 1.56. The molecule has 32 heavy (non-hydrogen) atoms. The Morgan fingerprint density at radius 1 is 1.12 bits per heavy atom. The molecule has 7 heteroatoms. The number of aromatic nitrogens is 2. The maximum atomic E-state index is 12.7. The smallest absolute Gasteiger partial charge is 0.410 e. The highest BCUT2D eigenvalue weighted by Crippen LogP contribution is 2.37. The van der Waals surface area contributed by atoms with Crippen LogP contribution < -0.4 is 4.74 Å². The lowest BCUT2D eigenvalue weighted by molar-refractivity contribution is -0.0399. The summed E-state index contributed by atoms with van der Waals surface area (Å²) in [6, 6.07) is 8.02. The third-order valence-electron chi connectivity index (χ3n) is 5.88. The largest absolute Gasteiger partial charge is 0.454 e. The van der Waals surface area contributed by atoms with Crippen molar-refractivity contribution in [2.24, 2.45) is 0 Å². The molecule has 2 saturated heterocycles. The Hall–Kier alpha value is -2.54. The summed E-state index contributed by atoms with van der Waals surface area (Å²) < 4.78 is 19.8. The molecule has 0 N–H and O–H groups in total. The zero-order chi connectivity index (χ0) is 22.7. The van der Waals surface area contributed by atoms with E-state index in [0.29, 0.717) is 13.1 Å². The van der Waals surface area contributed by atoms with E-state index in [1.807, 2.05) is 55.9 Å². The van der Waals surface area contributed by atoms with Crippen molar-refractivity contribution in [3.05, 3.63) is 41.7 Å². The van der Waals surface area contributed by atoms with E-state index in [-0.39, 0.29) is 18.2 Å². The number of ether oxygens (including phenoxy) is 3. The van der Waals surface area contributed by atoms with Crippen molar-refractivity contribution in [3.8, 4) is 11.5 Å². The van der Waals surface area contributed by atoms with Gasteiger partial charge in [0, 0.05) is 25.6 Å². The molecule has 0 radical (unpaired) electrons. The van der Waals surface area contributed by atoms with E-state index in [1.54, 1.807) is 4.90 Å². The minimum absolute atomic E-state index is 0.0663. The molecule has 0 aliphatic carbocycles. The van der Waals surface area contributed by atoms with Gasteiger partial charge in [-0.1, -0.05) is 17.7 Å². The summed E-state index contributed by atoms with van der Waals surface area (Å²) >= 11 is 0. The zero-order valence-electron chi connectivity index (χ0n) is 19.7. The first kappa shape index (κ1) is 22.6. The van der Waals surface area contributed by atoms with Crippen LogP contribution in [-0.4, -0.2) is 46.1 Å². The number of amides is 1. The molecular formula is C25H35N3O4. The predicted molar refractivity (Wildman–Crippen MR) is 122 cm³/mol. The van der Waals surface area contributed by atoms with Gasteiger partial charge in [-0.2, -0.15) is 5.10 Å². The predicted octanol–water partition coefficient (Wildman–Crippen LogP) is 5.80. The summed E-state index contributed by atoms with van der Waals surface area (Å²) in [4.78, 5) is 14.5. The topological polar surface area (TPSA) is 65.8 Å². The molecule has 1 aromatic carbocycles. The Labute approximate surface area is 190 Å². The molecule has 174 valence electrons. The molecule has 0 saturated carbocycles. The second kappa shape index (κ2) is 9.53. The van der Waals surface area contributed by atoms with E-state index in [1.165, 1.54) is 5.56 Å². The summed E-state index contributed by atoms with van der Waals surface area (Å²) in [6.07, 6.45) is 6.64. The number of piperidine rings is 1. The van der Waals surface area contributed by atoms with Gasteiger partial charge in [0.05, 0.1) is 6.20 Å². The van der Waals surface area contributed by atoms with Crippen LogP contribution >= 0.6 is 0 Å². The van der Waals surface area contributed by atoms with Gasteiger partial charge in [-0.3, -0.25) is 0 Å². The van der Waals surface area contributed by atoms with Crippen LogP contribution in [0, 0.1) is 6.92 Å². The second-order valence-electron chi connectivity index (χ2n) is 9.86. The Morgan fingerprint density at radius 3 is 2.59 bits per heavy atom. The third-order valence-corrected chi connectivity index (χ3v) is 5.88. The van der Waals surface area contributed by atoms with Gasteiger partial charge in [-0.05, 0) is 71.9 Å². The first-order valence-corrected chi connectivity index (χ1v) is 11.7. The van der Waals surface area contributed by atoms with E-state index in [4.69, 9.17) is 19.3 Å². The van der Waals surface area contributed by atoms with Gasteiger partial charge in [0.25, 0.3) is 0 Å². The highest BCUT2D eigenvalue weighted by atomic mass is 16.6. The Bertz CT molecular complexity index is 910. The number of hydrogen-bond donors (Lipinski definition) is 0. The average Bonchev–Trinajstić information content (AvgIpc) is 3.19. The molecule has 7 nitrogen and oxygen atoms in total. The monoisotopic (exact) mass is 441 g/mol. The van der Waals surface area contributed by atoms with Crippen LogP contribution in [0.3, 0.4) is 0 Å². The molecule has 3 heterocycles. The van der Waals surface area contributed by atoms with Gasteiger partial charge in [-0.15, -0.1) is 0 Å². The van der Waals surface area contributed by atoms with Crippen molar-refractivity contribution in [2.75, 3.05) is 19.7 Å². The van der Waals surface area contributed by atoms with Gasteiger partial charge in [0.15, 0.2) is 5.75 Å². The fourth-order valence-electron chi connectivity index (χ4n) is 4.26. The van der Waals surface area contributed by atoms with E-state index >= 15 is 0 Å². The Kier molecular flexibility index (Phi) is 6.74. The van der Waals surface area contributed by atoms with Gasteiger partial charge in [0.2, 0.25) is 0 Å². The number of carbonyl (C=O) groups excluding carboxylic acids is 1. The molecular weight excluding hydrogens is 406 g/mol. The van der Waals surface area contributed by atoms with Gasteiger partial charge in [-0.25, -0.2) is 9.48 Å². The van der Waals surface area contributed by atoms with Crippen LogP contribution in [0.4, 0.5) is 4.79 Å². The minimum atomic E-state index is -0.510. The van der Waals surface area contributed by atoms with Gasteiger partial charge >= 0.3 is 6.09 Å². The maximum Gasteiger partial charge on any atom is 0.410 e. The van der Waals surface area contributed by atoms with Crippen molar-refractivity contribution in [1.29, 1.82) is 0 Å². The highest BCUT2D eigenvalue weighted by molar-refractivity contribution is 5.68. The van der Waals surface area contributed by atoms with Gasteiger partial charge < -0.3 is 19.1 Å². The molecule has 2 aliphatic heterocycles.